The van der Waals surface area contributed by atoms with E-state index >= 15 is 0 Å². The van der Waals surface area contributed by atoms with Crippen molar-refractivity contribution in [2.75, 3.05) is 18.4 Å². The maximum absolute atomic E-state index is 12.0. The number of rotatable bonds is 3. The fourth-order valence-electron chi connectivity index (χ4n) is 2.32. The largest absolute Gasteiger partial charge is 0.324 e. The summed E-state index contributed by atoms with van der Waals surface area (Å²) in [7, 11) is 0. The summed E-state index contributed by atoms with van der Waals surface area (Å²) >= 11 is 12.3. The van der Waals surface area contributed by atoms with Crippen LogP contribution in [-0.4, -0.2) is 19.0 Å². The molecule has 3 nitrogen and oxygen atoms in total. The molecule has 0 aromatic heterocycles. The summed E-state index contributed by atoms with van der Waals surface area (Å²) in [6.45, 7) is 3.84. The van der Waals surface area contributed by atoms with Crippen LogP contribution in [0, 0.1) is 12.8 Å². The maximum atomic E-state index is 12.0. The minimum Gasteiger partial charge on any atom is -0.324 e. The van der Waals surface area contributed by atoms with Crippen molar-refractivity contribution in [3.05, 3.63) is 27.7 Å². The first-order valence-corrected chi connectivity index (χ1v) is 7.28. The molecule has 1 fully saturated rings. The topological polar surface area (TPSA) is 41.1 Å². The second-order valence-electron chi connectivity index (χ2n) is 5.02. The van der Waals surface area contributed by atoms with Gasteiger partial charge in [-0.05, 0) is 50.4 Å². The Morgan fingerprint density at radius 3 is 2.95 bits per heavy atom. The zero-order valence-electron chi connectivity index (χ0n) is 10.9. The van der Waals surface area contributed by atoms with Crippen molar-refractivity contribution in [2.24, 2.45) is 5.92 Å². The first-order valence-electron chi connectivity index (χ1n) is 6.53. The zero-order chi connectivity index (χ0) is 13.8. The van der Waals surface area contributed by atoms with Gasteiger partial charge >= 0.3 is 0 Å². The third-order valence-corrected chi connectivity index (χ3v) is 4.22. The summed E-state index contributed by atoms with van der Waals surface area (Å²) in [6, 6.07) is 3.59. The number of carbonyl (C=O) groups excluding carboxylic acids is 1. The van der Waals surface area contributed by atoms with Crippen LogP contribution < -0.4 is 10.6 Å². The number of piperidine rings is 1. The van der Waals surface area contributed by atoms with Crippen LogP contribution >= 0.6 is 23.2 Å². The van der Waals surface area contributed by atoms with Crippen molar-refractivity contribution >= 4 is 34.8 Å². The van der Waals surface area contributed by atoms with Crippen LogP contribution in [0.5, 0.6) is 0 Å². The van der Waals surface area contributed by atoms with Crippen molar-refractivity contribution in [2.45, 2.75) is 26.2 Å². The first kappa shape index (κ1) is 14.6. The summed E-state index contributed by atoms with van der Waals surface area (Å²) in [5.41, 5.74) is 1.43. The highest BCUT2D eigenvalue weighted by Gasteiger charge is 2.18. The lowest BCUT2D eigenvalue weighted by atomic mass is 9.96. The number of carbonyl (C=O) groups is 1. The van der Waals surface area contributed by atoms with Gasteiger partial charge in [-0.3, -0.25) is 4.79 Å². The molecule has 0 saturated carbocycles. The predicted octanol–water partition coefficient (Wildman–Crippen LogP) is 3.63. The monoisotopic (exact) mass is 300 g/mol. The van der Waals surface area contributed by atoms with Gasteiger partial charge in [-0.1, -0.05) is 29.3 Å². The SMILES string of the molecule is Cc1ccc(Cl)c(NC(=O)CC2CCCNC2)c1Cl. The maximum Gasteiger partial charge on any atom is 0.224 e. The van der Waals surface area contributed by atoms with Gasteiger partial charge in [-0.2, -0.15) is 0 Å². The zero-order valence-corrected chi connectivity index (χ0v) is 12.4. The van der Waals surface area contributed by atoms with Crippen LogP contribution in [0.25, 0.3) is 0 Å². The van der Waals surface area contributed by atoms with Crippen molar-refractivity contribution in [1.29, 1.82) is 0 Å². The number of amides is 1. The van der Waals surface area contributed by atoms with Crippen molar-refractivity contribution in [1.82, 2.24) is 5.32 Å². The summed E-state index contributed by atoms with van der Waals surface area (Å²) in [4.78, 5) is 12.0. The van der Waals surface area contributed by atoms with Gasteiger partial charge in [0.05, 0.1) is 15.7 Å². The van der Waals surface area contributed by atoms with E-state index in [-0.39, 0.29) is 5.91 Å². The standard InChI is InChI=1S/C14H18Cl2N2O/c1-9-4-5-11(15)14(13(9)16)18-12(19)7-10-3-2-6-17-8-10/h4-5,10,17H,2-3,6-8H2,1H3,(H,18,19). The smallest absolute Gasteiger partial charge is 0.224 e. The minimum absolute atomic E-state index is 0.0249. The van der Waals surface area contributed by atoms with E-state index in [9.17, 15) is 4.79 Å². The van der Waals surface area contributed by atoms with Gasteiger partial charge in [-0.15, -0.1) is 0 Å². The van der Waals surface area contributed by atoms with E-state index < -0.39 is 0 Å². The van der Waals surface area contributed by atoms with Crippen LogP contribution in [0.3, 0.4) is 0 Å². The molecule has 104 valence electrons. The highest BCUT2D eigenvalue weighted by atomic mass is 35.5. The average Bonchev–Trinajstić information content (AvgIpc) is 2.40. The molecule has 1 amide bonds. The third-order valence-electron chi connectivity index (χ3n) is 3.42. The third kappa shape index (κ3) is 3.85. The van der Waals surface area contributed by atoms with Crippen LogP contribution in [-0.2, 0) is 4.79 Å². The van der Waals surface area contributed by atoms with Gasteiger partial charge in [0.25, 0.3) is 0 Å². The Labute approximate surface area is 123 Å². The Kier molecular flexibility index (Phi) is 5.08. The molecule has 0 radical (unpaired) electrons. The molecule has 19 heavy (non-hydrogen) atoms. The lowest BCUT2D eigenvalue weighted by molar-refractivity contribution is -0.117. The number of hydrogen-bond acceptors (Lipinski definition) is 2. The van der Waals surface area contributed by atoms with Gasteiger partial charge in [-0.25, -0.2) is 0 Å². The normalized spacial score (nSPS) is 19.2. The van der Waals surface area contributed by atoms with Crippen LogP contribution in [0.15, 0.2) is 12.1 Å². The Morgan fingerprint density at radius 1 is 1.47 bits per heavy atom. The Morgan fingerprint density at radius 2 is 2.26 bits per heavy atom. The Bertz CT molecular complexity index is 471. The Hall–Kier alpha value is -0.770. The van der Waals surface area contributed by atoms with Crippen molar-refractivity contribution in [3.8, 4) is 0 Å². The molecule has 2 rings (SSSR count). The van der Waals surface area contributed by atoms with Gasteiger partial charge in [0, 0.05) is 6.42 Å². The molecule has 1 atom stereocenters. The van der Waals surface area contributed by atoms with E-state index in [1.54, 1.807) is 6.07 Å². The second kappa shape index (κ2) is 6.60. The number of benzene rings is 1. The number of nitrogens with one attached hydrogen (secondary N) is 2. The molecule has 1 saturated heterocycles. The predicted molar refractivity (Wildman–Crippen MR) is 80.0 cm³/mol. The fourth-order valence-corrected chi connectivity index (χ4v) is 2.79. The van der Waals surface area contributed by atoms with Crippen molar-refractivity contribution in [3.63, 3.8) is 0 Å². The Balaban J connectivity index is 2.00. The number of anilines is 1. The highest BCUT2D eigenvalue weighted by molar-refractivity contribution is 6.40. The lowest BCUT2D eigenvalue weighted by Gasteiger charge is -2.22. The molecule has 0 bridgehead atoms. The molecule has 1 aliphatic rings. The van der Waals surface area contributed by atoms with Crippen molar-refractivity contribution < 1.29 is 4.79 Å². The average molecular weight is 301 g/mol. The van der Waals surface area contributed by atoms with Crippen LogP contribution in [0.1, 0.15) is 24.8 Å². The van der Waals surface area contributed by atoms with E-state index in [0.717, 1.165) is 31.5 Å². The molecule has 0 aliphatic carbocycles. The van der Waals surface area contributed by atoms with Gasteiger partial charge in [0.15, 0.2) is 0 Å². The van der Waals surface area contributed by atoms with Crippen LogP contribution in [0.2, 0.25) is 10.0 Å². The molecule has 0 spiro atoms. The van der Waals surface area contributed by atoms with E-state index in [1.165, 1.54) is 0 Å². The van der Waals surface area contributed by atoms with Gasteiger partial charge in [0.1, 0.15) is 0 Å². The van der Waals surface area contributed by atoms with E-state index in [2.05, 4.69) is 10.6 Å². The minimum atomic E-state index is -0.0249. The number of hydrogen-bond donors (Lipinski definition) is 2. The summed E-state index contributed by atoms with van der Waals surface area (Å²) in [6.07, 6.45) is 2.73. The second-order valence-corrected chi connectivity index (χ2v) is 5.80. The summed E-state index contributed by atoms with van der Waals surface area (Å²) in [5, 5.41) is 7.13. The highest BCUT2D eigenvalue weighted by Crippen LogP contribution is 2.33. The molecule has 1 aliphatic heterocycles. The molecule has 1 unspecified atom stereocenters. The number of halogens is 2. The summed E-state index contributed by atoms with van der Waals surface area (Å²) in [5.74, 6) is 0.374. The fraction of sp³-hybridized carbons (Fsp3) is 0.500. The lowest BCUT2D eigenvalue weighted by Crippen LogP contribution is -2.32. The molecule has 1 heterocycles. The first-order chi connectivity index (χ1) is 9.08. The molecular weight excluding hydrogens is 283 g/mol. The van der Waals surface area contributed by atoms with Crippen LogP contribution in [0.4, 0.5) is 5.69 Å². The molecule has 1 aromatic rings. The number of aryl methyl sites for hydroxylation is 1. The molecule has 1 aromatic carbocycles. The molecule has 2 N–H and O–H groups in total. The van der Waals surface area contributed by atoms with E-state index in [4.69, 9.17) is 23.2 Å². The van der Waals surface area contributed by atoms with E-state index in [1.807, 2.05) is 13.0 Å². The van der Waals surface area contributed by atoms with E-state index in [0.29, 0.717) is 28.1 Å². The molecular formula is C14H18Cl2N2O. The molecule has 5 heteroatoms. The van der Waals surface area contributed by atoms with Gasteiger partial charge < -0.3 is 10.6 Å². The van der Waals surface area contributed by atoms with Gasteiger partial charge in [0.2, 0.25) is 5.91 Å². The summed E-state index contributed by atoms with van der Waals surface area (Å²) < 4.78 is 0. The quantitative estimate of drug-likeness (QED) is 0.895.